The second-order valence-corrected chi connectivity index (χ2v) is 9.82. The van der Waals surface area contributed by atoms with E-state index in [0.717, 1.165) is 32.6 Å². The Morgan fingerprint density at radius 3 is 2.30 bits per heavy atom. The number of aromatic nitrogens is 1. The Bertz CT molecular complexity index is 1260. The molecule has 0 aliphatic rings. The second-order valence-electron chi connectivity index (χ2n) is 8.82. The number of carbonyl (C=O) groups is 1. The smallest absolute Gasteiger partial charge is 0.205 e. The number of hydrogen-bond acceptors (Lipinski definition) is 4. The molecule has 3 nitrogen and oxygen atoms in total. The highest BCUT2D eigenvalue weighted by atomic mass is 32.1. The standard InChI is InChI=1S/C26H26N2OS/c1-15-11-12-18(13-16(15)2)23(29)24-22(27)21-19(17-9-7-6-8-10-17)14-20(26(3,4)5)28-25(21)30-24/h6-14H,27H2,1-5H3. The van der Waals surface area contributed by atoms with Crippen molar-refractivity contribution >= 4 is 33.0 Å². The molecule has 0 spiro atoms. The van der Waals surface area contributed by atoms with E-state index in [-0.39, 0.29) is 11.2 Å². The monoisotopic (exact) mass is 414 g/mol. The maximum Gasteiger partial charge on any atom is 0.205 e. The third-order valence-electron chi connectivity index (χ3n) is 5.53. The number of pyridine rings is 1. The van der Waals surface area contributed by atoms with Crippen molar-refractivity contribution in [2.45, 2.75) is 40.0 Å². The molecule has 0 amide bonds. The highest BCUT2D eigenvalue weighted by Crippen LogP contribution is 2.42. The van der Waals surface area contributed by atoms with Crippen LogP contribution in [0.5, 0.6) is 0 Å². The first-order valence-electron chi connectivity index (χ1n) is 10.1. The summed E-state index contributed by atoms with van der Waals surface area (Å²) >= 11 is 1.39. The van der Waals surface area contributed by atoms with Gasteiger partial charge < -0.3 is 5.73 Å². The summed E-state index contributed by atoms with van der Waals surface area (Å²) in [5, 5.41) is 0.867. The largest absolute Gasteiger partial charge is 0.397 e. The van der Waals surface area contributed by atoms with Gasteiger partial charge in [0.25, 0.3) is 0 Å². The fourth-order valence-electron chi connectivity index (χ4n) is 3.53. The molecule has 0 radical (unpaired) electrons. The van der Waals surface area contributed by atoms with Crippen LogP contribution < -0.4 is 5.73 Å². The predicted molar refractivity (Wildman–Crippen MR) is 128 cm³/mol. The molecule has 4 aromatic rings. The Morgan fingerprint density at radius 2 is 1.67 bits per heavy atom. The van der Waals surface area contributed by atoms with Crippen LogP contribution in [0.4, 0.5) is 5.69 Å². The van der Waals surface area contributed by atoms with Crippen LogP contribution in [0.3, 0.4) is 0 Å². The maximum atomic E-state index is 13.3. The minimum Gasteiger partial charge on any atom is -0.397 e. The summed E-state index contributed by atoms with van der Waals surface area (Å²) in [5.74, 6) is -0.0464. The molecule has 2 aromatic carbocycles. The number of fused-ring (bicyclic) bond motifs is 1. The third-order valence-corrected chi connectivity index (χ3v) is 6.63. The van der Waals surface area contributed by atoms with E-state index >= 15 is 0 Å². The first-order chi connectivity index (χ1) is 14.2. The number of benzene rings is 2. The fourth-order valence-corrected chi connectivity index (χ4v) is 4.61. The number of rotatable bonds is 3. The number of nitrogens with zero attached hydrogens (tertiary/aromatic N) is 1. The lowest BCUT2D eigenvalue weighted by Crippen LogP contribution is -2.13. The van der Waals surface area contributed by atoms with Crippen LogP contribution in [0.15, 0.2) is 54.6 Å². The molecule has 0 atom stereocenters. The highest BCUT2D eigenvalue weighted by Gasteiger charge is 2.25. The van der Waals surface area contributed by atoms with E-state index < -0.39 is 0 Å². The summed E-state index contributed by atoms with van der Waals surface area (Å²) in [7, 11) is 0. The number of nitrogen functional groups attached to an aromatic ring is 1. The van der Waals surface area contributed by atoms with E-state index in [4.69, 9.17) is 10.7 Å². The molecule has 0 fully saturated rings. The molecule has 0 aliphatic heterocycles. The summed E-state index contributed by atoms with van der Waals surface area (Å²) in [5.41, 5.74) is 13.0. The molecular formula is C26H26N2OS. The van der Waals surface area contributed by atoms with Gasteiger partial charge in [0.15, 0.2) is 0 Å². The molecule has 0 saturated heterocycles. The van der Waals surface area contributed by atoms with Gasteiger partial charge in [-0.05, 0) is 48.2 Å². The van der Waals surface area contributed by atoms with E-state index in [1.54, 1.807) is 0 Å². The highest BCUT2D eigenvalue weighted by molar-refractivity contribution is 7.21. The topological polar surface area (TPSA) is 56.0 Å². The maximum absolute atomic E-state index is 13.3. The van der Waals surface area contributed by atoms with Crippen LogP contribution in [0.25, 0.3) is 21.3 Å². The molecule has 4 rings (SSSR count). The minimum absolute atomic E-state index is 0.0464. The van der Waals surface area contributed by atoms with Crippen LogP contribution >= 0.6 is 11.3 Å². The number of anilines is 1. The van der Waals surface area contributed by atoms with E-state index in [2.05, 4.69) is 39.0 Å². The van der Waals surface area contributed by atoms with E-state index in [9.17, 15) is 4.79 Å². The molecule has 30 heavy (non-hydrogen) atoms. The van der Waals surface area contributed by atoms with Gasteiger partial charge in [-0.25, -0.2) is 4.98 Å². The zero-order valence-electron chi connectivity index (χ0n) is 18.0. The number of carbonyl (C=O) groups excluding carboxylic acids is 1. The van der Waals surface area contributed by atoms with Crippen LogP contribution in [-0.2, 0) is 5.41 Å². The quantitative estimate of drug-likeness (QED) is 0.380. The molecule has 0 unspecified atom stereocenters. The van der Waals surface area contributed by atoms with Crippen molar-refractivity contribution in [3.63, 3.8) is 0 Å². The van der Waals surface area contributed by atoms with Crippen molar-refractivity contribution < 1.29 is 4.79 Å². The Hall–Kier alpha value is -2.98. The Balaban J connectivity index is 1.97. The van der Waals surface area contributed by atoms with Crippen molar-refractivity contribution in [3.8, 4) is 11.1 Å². The average molecular weight is 415 g/mol. The fraction of sp³-hybridized carbons (Fsp3) is 0.231. The third kappa shape index (κ3) is 3.52. The lowest BCUT2D eigenvalue weighted by Gasteiger charge is -2.19. The Kier molecular flexibility index (Phi) is 4.99. The van der Waals surface area contributed by atoms with Gasteiger partial charge in [0.2, 0.25) is 5.78 Å². The number of ketones is 1. The van der Waals surface area contributed by atoms with Crippen LogP contribution in [0.2, 0.25) is 0 Å². The number of nitrogens with two attached hydrogens (primary N) is 1. The van der Waals surface area contributed by atoms with Crippen molar-refractivity contribution in [1.82, 2.24) is 4.98 Å². The summed E-state index contributed by atoms with van der Waals surface area (Å²) in [6.07, 6.45) is 0. The van der Waals surface area contributed by atoms with E-state index in [1.165, 1.54) is 16.9 Å². The number of thiophene rings is 1. The number of hydrogen-bond donors (Lipinski definition) is 1. The molecule has 4 heteroatoms. The summed E-state index contributed by atoms with van der Waals surface area (Å²) in [6, 6.07) is 18.1. The zero-order valence-corrected chi connectivity index (χ0v) is 18.9. The molecule has 152 valence electrons. The van der Waals surface area contributed by atoms with Crippen molar-refractivity contribution in [2.75, 3.05) is 5.73 Å². The van der Waals surface area contributed by atoms with Gasteiger partial charge in [0.05, 0.1) is 5.69 Å². The van der Waals surface area contributed by atoms with Gasteiger partial charge in [-0.2, -0.15) is 0 Å². The van der Waals surface area contributed by atoms with Gasteiger partial charge in [-0.15, -0.1) is 11.3 Å². The first-order valence-corrected chi connectivity index (χ1v) is 10.9. The van der Waals surface area contributed by atoms with E-state index in [1.807, 2.05) is 50.2 Å². The Morgan fingerprint density at radius 1 is 0.967 bits per heavy atom. The molecule has 2 heterocycles. The molecule has 0 saturated carbocycles. The molecule has 0 bridgehead atoms. The van der Waals surface area contributed by atoms with Gasteiger partial charge in [0, 0.05) is 22.1 Å². The van der Waals surface area contributed by atoms with Crippen LogP contribution in [0, 0.1) is 13.8 Å². The predicted octanol–water partition coefficient (Wildman–Crippen LogP) is 6.69. The lowest BCUT2D eigenvalue weighted by atomic mass is 9.89. The summed E-state index contributed by atoms with van der Waals surface area (Å²) in [4.78, 5) is 19.6. The van der Waals surface area contributed by atoms with E-state index in [0.29, 0.717) is 16.1 Å². The van der Waals surface area contributed by atoms with Crippen molar-refractivity contribution in [1.29, 1.82) is 0 Å². The van der Waals surface area contributed by atoms with Crippen molar-refractivity contribution in [3.05, 3.63) is 81.9 Å². The molecule has 2 N–H and O–H groups in total. The van der Waals surface area contributed by atoms with Gasteiger partial charge in [-0.1, -0.05) is 63.2 Å². The molecule has 2 aromatic heterocycles. The second kappa shape index (κ2) is 7.37. The summed E-state index contributed by atoms with van der Waals surface area (Å²) < 4.78 is 0. The average Bonchev–Trinajstić information content (AvgIpc) is 3.05. The van der Waals surface area contributed by atoms with Gasteiger partial charge in [0.1, 0.15) is 9.71 Å². The normalized spacial score (nSPS) is 11.8. The Labute approximate surface area is 181 Å². The van der Waals surface area contributed by atoms with Crippen LogP contribution in [0.1, 0.15) is 52.8 Å². The number of aryl methyl sites for hydroxylation is 2. The van der Waals surface area contributed by atoms with Gasteiger partial charge >= 0.3 is 0 Å². The molecular weight excluding hydrogens is 388 g/mol. The minimum atomic E-state index is -0.116. The summed E-state index contributed by atoms with van der Waals surface area (Å²) in [6.45, 7) is 10.5. The zero-order chi connectivity index (χ0) is 21.6. The van der Waals surface area contributed by atoms with Crippen LogP contribution in [-0.4, -0.2) is 10.8 Å². The van der Waals surface area contributed by atoms with Gasteiger partial charge in [-0.3, -0.25) is 4.79 Å². The van der Waals surface area contributed by atoms with Crippen molar-refractivity contribution in [2.24, 2.45) is 0 Å². The SMILES string of the molecule is Cc1ccc(C(=O)c2sc3nc(C(C)(C)C)cc(-c4ccccc4)c3c2N)cc1C. The lowest BCUT2D eigenvalue weighted by molar-refractivity contribution is 0.104. The first kappa shape index (κ1) is 20.3. The molecule has 0 aliphatic carbocycles.